The summed E-state index contributed by atoms with van der Waals surface area (Å²) in [6, 6.07) is 0. The largest absolute Gasteiger partial charge is 0.388 e. The van der Waals surface area contributed by atoms with Crippen molar-refractivity contribution in [1.82, 2.24) is 4.90 Å². The molecule has 0 bridgehead atoms. The van der Waals surface area contributed by atoms with Gasteiger partial charge in [-0.15, -0.1) is 0 Å². The fourth-order valence-corrected chi connectivity index (χ4v) is 1.90. The van der Waals surface area contributed by atoms with E-state index < -0.39 is 5.60 Å². The lowest BCUT2D eigenvalue weighted by Gasteiger charge is -2.41. The zero-order chi connectivity index (χ0) is 9.19. The molecule has 0 radical (unpaired) electrons. The van der Waals surface area contributed by atoms with Gasteiger partial charge in [0.2, 0.25) is 0 Å². The highest BCUT2D eigenvalue weighted by Crippen LogP contribution is 2.27. The number of nitrogens with zero attached hydrogens (tertiary/aromatic N) is 1. The molecular formula is C10H21NO. The maximum absolute atomic E-state index is 10.2. The van der Waals surface area contributed by atoms with Gasteiger partial charge in [-0.05, 0) is 31.8 Å². The average Bonchev–Trinajstić information content (AvgIpc) is 2.04. The Balaban J connectivity index is 2.54. The van der Waals surface area contributed by atoms with Gasteiger partial charge in [0.05, 0.1) is 5.60 Å². The molecular weight excluding hydrogens is 150 g/mol. The molecule has 0 amide bonds. The van der Waals surface area contributed by atoms with E-state index >= 15 is 0 Å². The van der Waals surface area contributed by atoms with Gasteiger partial charge in [-0.25, -0.2) is 0 Å². The van der Waals surface area contributed by atoms with Crippen LogP contribution in [-0.4, -0.2) is 35.2 Å². The Morgan fingerprint density at radius 1 is 1.50 bits per heavy atom. The first-order valence-electron chi connectivity index (χ1n) is 5.03. The molecule has 0 spiro atoms. The van der Waals surface area contributed by atoms with Crippen molar-refractivity contribution in [2.75, 3.05) is 19.6 Å². The van der Waals surface area contributed by atoms with Crippen molar-refractivity contribution >= 4 is 0 Å². The highest BCUT2D eigenvalue weighted by molar-refractivity contribution is 4.88. The number of piperidine rings is 1. The predicted octanol–water partition coefficient (Wildman–Crippen LogP) is 1.49. The number of likely N-dealkylation sites (N-methyl/N-ethyl adjacent to an activating group) is 1. The summed E-state index contributed by atoms with van der Waals surface area (Å²) in [5.74, 6) is 0.381. The highest BCUT2D eigenvalue weighted by Gasteiger charge is 2.35. The van der Waals surface area contributed by atoms with E-state index in [2.05, 4.69) is 25.7 Å². The van der Waals surface area contributed by atoms with Crippen LogP contribution in [0.4, 0.5) is 0 Å². The summed E-state index contributed by atoms with van der Waals surface area (Å²) in [5.41, 5.74) is -0.422. The molecule has 0 aliphatic carbocycles. The third-order valence-corrected chi connectivity index (χ3v) is 3.10. The van der Waals surface area contributed by atoms with Crippen LogP contribution in [0.25, 0.3) is 0 Å². The van der Waals surface area contributed by atoms with Crippen molar-refractivity contribution in [3.63, 3.8) is 0 Å². The topological polar surface area (TPSA) is 23.5 Å². The molecule has 0 saturated carbocycles. The van der Waals surface area contributed by atoms with Crippen LogP contribution >= 0.6 is 0 Å². The zero-order valence-electron chi connectivity index (χ0n) is 8.51. The molecule has 1 fully saturated rings. The molecule has 0 aromatic carbocycles. The van der Waals surface area contributed by atoms with Crippen molar-refractivity contribution in [1.29, 1.82) is 0 Å². The zero-order valence-corrected chi connectivity index (χ0v) is 8.51. The van der Waals surface area contributed by atoms with Gasteiger partial charge < -0.3 is 10.0 Å². The predicted molar refractivity (Wildman–Crippen MR) is 51.1 cm³/mol. The highest BCUT2D eigenvalue weighted by atomic mass is 16.3. The molecule has 1 unspecified atom stereocenters. The third kappa shape index (κ3) is 1.99. The second kappa shape index (κ2) is 3.75. The van der Waals surface area contributed by atoms with Crippen LogP contribution in [0.15, 0.2) is 0 Å². The van der Waals surface area contributed by atoms with Crippen LogP contribution in [0.3, 0.4) is 0 Å². The summed E-state index contributed by atoms with van der Waals surface area (Å²) in [5, 5.41) is 10.2. The molecule has 1 atom stereocenters. The summed E-state index contributed by atoms with van der Waals surface area (Å²) < 4.78 is 0. The first-order valence-corrected chi connectivity index (χ1v) is 5.03. The third-order valence-electron chi connectivity index (χ3n) is 3.10. The molecule has 1 rings (SSSR count). The van der Waals surface area contributed by atoms with Gasteiger partial charge >= 0.3 is 0 Å². The Hall–Kier alpha value is -0.0800. The van der Waals surface area contributed by atoms with Gasteiger partial charge in [-0.3, -0.25) is 0 Å². The Morgan fingerprint density at radius 2 is 2.17 bits per heavy atom. The summed E-state index contributed by atoms with van der Waals surface area (Å²) in [6.45, 7) is 9.46. The Morgan fingerprint density at radius 3 is 2.67 bits per heavy atom. The number of β-amino-alcohol motifs (C(OH)–C–C–N with tert-alkyl or cyclic N) is 1. The van der Waals surface area contributed by atoms with Gasteiger partial charge in [0, 0.05) is 6.54 Å². The van der Waals surface area contributed by atoms with E-state index in [1.165, 1.54) is 0 Å². The number of hydrogen-bond donors (Lipinski definition) is 1. The van der Waals surface area contributed by atoms with Crippen molar-refractivity contribution < 1.29 is 5.11 Å². The minimum absolute atomic E-state index is 0.381. The lowest BCUT2D eigenvalue weighted by atomic mass is 9.83. The fraction of sp³-hybridized carbons (Fsp3) is 1.00. The Kier molecular flexibility index (Phi) is 3.13. The molecule has 72 valence electrons. The molecule has 0 aromatic rings. The molecule has 1 aliphatic heterocycles. The number of hydrogen-bond acceptors (Lipinski definition) is 2. The van der Waals surface area contributed by atoms with Crippen molar-refractivity contribution in [2.45, 2.75) is 39.2 Å². The van der Waals surface area contributed by atoms with Crippen LogP contribution < -0.4 is 0 Å². The van der Waals surface area contributed by atoms with E-state index in [4.69, 9.17) is 0 Å². The van der Waals surface area contributed by atoms with E-state index in [1.54, 1.807) is 0 Å². The average molecular weight is 171 g/mol. The molecule has 1 N–H and O–H groups in total. The van der Waals surface area contributed by atoms with E-state index in [9.17, 15) is 5.11 Å². The van der Waals surface area contributed by atoms with E-state index in [0.29, 0.717) is 5.92 Å². The number of rotatable bonds is 2. The van der Waals surface area contributed by atoms with Crippen LogP contribution in [0.1, 0.15) is 33.6 Å². The summed E-state index contributed by atoms with van der Waals surface area (Å²) in [4.78, 5) is 2.34. The first kappa shape index (κ1) is 10.0. The smallest absolute Gasteiger partial charge is 0.0797 e. The minimum atomic E-state index is -0.422. The van der Waals surface area contributed by atoms with Crippen LogP contribution in [-0.2, 0) is 0 Å². The molecule has 12 heavy (non-hydrogen) atoms. The maximum atomic E-state index is 10.2. The number of aliphatic hydroxyl groups is 1. The van der Waals surface area contributed by atoms with E-state index in [0.717, 1.165) is 32.5 Å². The molecule has 2 nitrogen and oxygen atoms in total. The van der Waals surface area contributed by atoms with E-state index in [-0.39, 0.29) is 0 Å². The van der Waals surface area contributed by atoms with Crippen molar-refractivity contribution in [3.8, 4) is 0 Å². The molecule has 1 aliphatic rings. The Labute approximate surface area is 75.6 Å². The quantitative estimate of drug-likeness (QED) is 0.680. The lowest BCUT2D eigenvalue weighted by molar-refractivity contribution is -0.0633. The Bertz CT molecular complexity index is 147. The fourth-order valence-electron chi connectivity index (χ4n) is 1.90. The standard InChI is InChI=1S/C10H21NO/c1-4-11-7-5-6-10(12,8-11)9(2)3/h9,12H,4-8H2,1-3H3. The second-order valence-corrected chi connectivity index (χ2v) is 4.23. The van der Waals surface area contributed by atoms with Gasteiger partial charge in [0.15, 0.2) is 0 Å². The SMILES string of the molecule is CCN1CCCC(O)(C(C)C)C1. The van der Waals surface area contributed by atoms with Gasteiger partial charge in [0.1, 0.15) is 0 Å². The van der Waals surface area contributed by atoms with E-state index in [1.807, 2.05) is 0 Å². The molecule has 1 saturated heterocycles. The number of likely N-dealkylation sites (tertiary alicyclic amines) is 1. The van der Waals surface area contributed by atoms with Gasteiger partial charge in [0.25, 0.3) is 0 Å². The second-order valence-electron chi connectivity index (χ2n) is 4.23. The van der Waals surface area contributed by atoms with Crippen LogP contribution in [0.2, 0.25) is 0 Å². The van der Waals surface area contributed by atoms with Crippen LogP contribution in [0.5, 0.6) is 0 Å². The lowest BCUT2D eigenvalue weighted by Crippen LogP contribution is -2.51. The maximum Gasteiger partial charge on any atom is 0.0797 e. The van der Waals surface area contributed by atoms with Crippen LogP contribution in [0, 0.1) is 5.92 Å². The van der Waals surface area contributed by atoms with Crippen molar-refractivity contribution in [2.24, 2.45) is 5.92 Å². The summed E-state index contributed by atoms with van der Waals surface area (Å²) >= 11 is 0. The van der Waals surface area contributed by atoms with Crippen molar-refractivity contribution in [3.05, 3.63) is 0 Å². The minimum Gasteiger partial charge on any atom is -0.388 e. The van der Waals surface area contributed by atoms with Gasteiger partial charge in [-0.2, -0.15) is 0 Å². The normalized spacial score (nSPS) is 32.8. The molecule has 0 aromatic heterocycles. The van der Waals surface area contributed by atoms with Gasteiger partial charge in [-0.1, -0.05) is 20.8 Å². The summed E-state index contributed by atoms with van der Waals surface area (Å²) in [6.07, 6.45) is 2.11. The molecule has 2 heteroatoms. The first-order chi connectivity index (χ1) is 5.58. The molecule has 1 heterocycles. The summed E-state index contributed by atoms with van der Waals surface area (Å²) in [7, 11) is 0. The monoisotopic (exact) mass is 171 g/mol.